The van der Waals surface area contributed by atoms with Gasteiger partial charge in [0.1, 0.15) is 11.6 Å². The number of anilines is 1. The van der Waals surface area contributed by atoms with E-state index in [9.17, 15) is 13.6 Å². The van der Waals surface area contributed by atoms with Gasteiger partial charge in [-0.3, -0.25) is 4.79 Å². The van der Waals surface area contributed by atoms with Gasteiger partial charge in [0.15, 0.2) is 0 Å². The van der Waals surface area contributed by atoms with Crippen molar-refractivity contribution in [3.8, 4) is 0 Å². The van der Waals surface area contributed by atoms with Crippen LogP contribution in [-0.2, 0) is 4.74 Å². The van der Waals surface area contributed by atoms with Crippen LogP contribution in [0.25, 0.3) is 0 Å². The van der Waals surface area contributed by atoms with E-state index in [1.807, 2.05) is 0 Å². The molecule has 4 nitrogen and oxygen atoms in total. The molecule has 0 saturated carbocycles. The van der Waals surface area contributed by atoms with Gasteiger partial charge in [0.2, 0.25) is 0 Å². The molecule has 2 N–H and O–H groups in total. The molecule has 0 spiro atoms. The quantitative estimate of drug-likeness (QED) is 0.852. The van der Waals surface area contributed by atoms with Crippen LogP contribution in [0.2, 0.25) is 0 Å². The first-order valence-electron chi connectivity index (χ1n) is 6.10. The Hall–Kier alpha value is -1.69. The molecule has 0 aromatic heterocycles. The zero-order chi connectivity index (χ0) is 14.0. The van der Waals surface area contributed by atoms with Gasteiger partial charge in [-0.1, -0.05) is 0 Å². The normalized spacial score (nSPS) is 18.6. The summed E-state index contributed by atoms with van der Waals surface area (Å²) >= 11 is 0. The van der Waals surface area contributed by atoms with E-state index in [0.29, 0.717) is 19.2 Å². The van der Waals surface area contributed by atoms with Crippen LogP contribution in [0.15, 0.2) is 12.1 Å². The number of carbonyl (C=O) groups excluding carboxylic acids is 1. The molecular weight excluding hydrogens is 254 g/mol. The second-order valence-corrected chi connectivity index (χ2v) is 4.67. The number of nitrogen functional groups attached to an aromatic ring is 1. The largest absolute Gasteiger partial charge is 0.396 e. The number of nitrogens with two attached hydrogens (primary N) is 1. The molecule has 1 aliphatic rings. The maximum Gasteiger partial charge on any atom is 0.256 e. The highest BCUT2D eigenvalue weighted by Crippen LogP contribution is 2.19. The molecule has 1 unspecified atom stereocenters. The van der Waals surface area contributed by atoms with E-state index < -0.39 is 17.5 Å². The number of likely N-dealkylation sites (N-methyl/N-ethyl adjacent to an activating group) is 1. The predicted octanol–water partition coefficient (Wildman–Crippen LogP) is 1.80. The van der Waals surface area contributed by atoms with Crippen LogP contribution in [0.3, 0.4) is 0 Å². The topological polar surface area (TPSA) is 55.6 Å². The Kier molecular flexibility index (Phi) is 3.99. The van der Waals surface area contributed by atoms with Crippen LogP contribution in [-0.4, -0.2) is 37.1 Å². The van der Waals surface area contributed by atoms with Gasteiger partial charge in [-0.2, -0.15) is 0 Å². The average molecular weight is 270 g/mol. The molecule has 1 atom stereocenters. The Morgan fingerprint density at radius 2 is 2.21 bits per heavy atom. The Morgan fingerprint density at radius 1 is 1.47 bits per heavy atom. The van der Waals surface area contributed by atoms with Gasteiger partial charge in [-0.05, 0) is 18.9 Å². The van der Waals surface area contributed by atoms with Crippen LogP contribution in [0.1, 0.15) is 23.2 Å². The number of hydrogen-bond donors (Lipinski definition) is 1. The van der Waals surface area contributed by atoms with E-state index in [4.69, 9.17) is 10.5 Å². The second kappa shape index (κ2) is 5.52. The molecule has 0 radical (unpaired) electrons. The lowest BCUT2D eigenvalue weighted by Gasteiger charge is -2.21. The molecule has 1 saturated heterocycles. The van der Waals surface area contributed by atoms with E-state index in [1.165, 1.54) is 4.90 Å². The number of amides is 1. The van der Waals surface area contributed by atoms with Crippen LogP contribution in [0.5, 0.6) is 0 Å². The number of carbonyl (C=O) groups is 1. The smallest absolute Gasteiger partial charge is 0.256 e. The minimum Gasteiger partial charge on any atom is -0.396 e. The summed E-state index contributed by atoms with van der Waals surface area (Å²) in [6.07, 6.45) is 1.82. The molecule has 1 heterocycles. The van der Waals surface area contributed by atoms with Crippen molar-refractivity contribution in [3.05, 3.63) is 29.3 Å². The highest BCUT2D eigenvalue weighted by molar-refractivity contribution is 5.95. The van der Waals surface area contributed by atoms with Crippen LogP contribution >= 0.6 is 0 Å². The fraction of sp³-hybridized carbons (Fsp3) is 0.462. The van der Waals surface area contributed by atoms with Crippen molar-refractivity contribution < 1.29 is 18.3 Å². The van der Waals surface area contributed by atoms with Crippen molar-refractivity contribution in [1.29, 1.82) is 0 Å². The number of rotatable bonds is 3. The third-order valence-electron chi connectivity index (χ3n) is 3.16. The number of ether oxygens (including phenoxy) is 1. The highest BCUT2D eigenvalue weighted by atomic mass is 19.1. The van der Waals surface area contributed by atoms with Crippen LogP contribution in [0.4, 0.5) is 14.5 Å². The molecule has 1 aromatic carbocycles. The molecule has 1 amide bonds. The molecule has 19 heavy (non-hydrogen) atoms. The SMILES string of the molecule is CN(CC1CCCO1)C(=O)c1cc(N)c(F)cc1F. The Morgan fingerprint density at radius 3 is 2.84 bits per heavy atom. The maximum atomic E-state index is 13.6. The molecule has 104 valence electrons. The molecule has 0 aliphatic carbocycles. The van der Waals surface area contributed by atoms with Gasteiger partial charge >= 0.3 is 0 Å². The van der Waals surface area contributed by atoms with E-state index in [0.717, 1.165) is 18.9 Å². The standard InChI is InChI=1S/C13H16F2N2O2/c1-17(7-8-3-2-4-19-8)13(18)9-5-12(16)11(15)6-10(9)14/h5-6,8H,2-4,7,16H2,1H3. The zero-order valence-electron chi connectivity index (χ0n) is 10.7. The predicted molar refractivity (Wildman–Crippen MR) is 66.7 cm³/mol. The first-order valence-corrected chi connectivity index (χ1v) is 6.10. The maximum absolute atomic E-state index is 13.6. The third kappa shape index (κ3) is 3.01. The fourth-order valence-corrected chi connectivity index (χ4v) is 2.11. The summed E-state index contributed by atoms with van der Waals surface area (Å²) in [5.41, 5.74) is 4.89. The Balaban J connectivity index is 2.12. The summed E-state index contributed by atoms with van der Waals surface area (Å²) in [4.78, 5) is 13.4. The highest BCUT2D eigenvalue weighted by Gasteiger charge is 2.23. The van der Waals surface area contributed by atoms with Crippen molar-refractivity contribution >= 4 is 11.6 Å². The molecule has 1 fully saturated rings. The minimum atomic E-state index is -0.907. The number of nitrogens with zero attached hydrogens (tertiary/aromatic N) is 1. The summed E-state index contributed by atoms with van der Waals surface area (Å²) in [7, 11) is 1.56. The minimum absolute atomic E-state index is 0.0187. The van der Waals surface area contributed by atoms with E-state index >= 15 is 0 Å². The molecule has 0 bridgehead atoms. The van der Waals surface area contributed by atoms with Crippen molar-refractivity contribution in [2.45, 2.75) is 18.9 Å². The van der Waals surface area contributed by atoms with Crippen molar-refractivity contribution in [2.75, 3.05) is 25.9 Å². The lowest BCUT2D eigenvalue weighted by Crippen LogP contribution is -2.34. The lowest BCUT2D eigenvalue weighted by molar-refractivity contribution is 0.0583. The van der Waals surface area contributed by atoms with Gasteiger partial charge < -0.3 is 15.4 Å². The summed E-state index contributed by atoms with van der Waals surface area (Å²) in [5.74, 6) is -2.30. The average Bonchev–Trinajstić information content (AvgIpc) is 2.85. The monoisotopic (exact) mass is 270 g/mol. The summed E-state index contributed by atoms with van der Waals surface area (Å²) in [6, 6.07) is 1.65. The number of hydrogen-bond acceptors (Lipinski definition) is 3. The van der Waals surface area contributed by atoms with Crippen LogP contribution in [0, 0.1) is 11.6 Å². The van der Waals surface area contributed by atoms with Crippen molar-refractivity contribution in [1.82, 2.24) is 4.90 Å². The Labute approximate surface area is 110 Å². The third-order valence-corrected chi connectivity index (χ3v) is 3.16. The van der Waals surface area contributed by atoms with E-state index in [-0.39, 0.29) is 17.4 Å². The molecule has 1 aromatic rings. The van der Waals surface area contributed by atoms with E-state index in [2.05, 4.69) is 0 Å². The first-order chi connectivity index (χ1) is 8.99. The van der Waals surface area contributed by atoms with E-state index in [1.54, 1.807) is 7.05 Å². The Bertz CT molecular complexity index is 488. The second-order valence-electron chi connectivity index (χ2n) is 4.67. The molecule has 6 heteroatoms. The summed E-state index contributed by atoms with van der Waals surface area (Å²) in [6.45, 7) is 1.07. The van der Waals surface area contributed by atoms with Gasteiger partial charge in [-0.25, -0.2) is 8.78 Å². The molecule has 2 rings (SSSR count). The fourth-order valence-electron chi connectivity index (χ4n) is 2.11. The lowest BCUT2D eigenvalue weighted by atomic mass is 10.1. The van der Waals surface area contributed by atoms with Gasteiger partial charge in [-0.15, -0.1) is 0 Å². The number of benzene rings is 1. The van der Waals surface area contributed by atoms with Gasteiger partial charge in [0.25, 0.3) is 5.91 Å². The summed E-state index contributed by atoms with van der Waals surface area (Å²) < 4.78 is 32.0. The number of halogens is 2. The van der Waals surface area contributed by atoms with Gasteiger partial charge in [0, 0.05) is 26.3 Å². The molecular formula is C13H16F2N2O2. The van der Waals surface area contributed by atoms with Crippen LogP contribution < -0.4 is 5.73 Å². The first kappa shape index (κ1) is 13.7. The zero-order valence-corrected chi connectivity index (χ0v) is 10.7. The molecule has 1 aliphatic heterocycles. The van der Waals surface area contributed by atoms with Crippen molar-refractivity contribution in [2.24, 2.45) is 0 Å². The van der Waals surface area contributed by atoms with Crippen molar-refractivity contribution in [3.63, 3.8) is 0 Å². The van der Waals surface area contributed by atoms with Gasteiger partial charge in [0.05, 0.1) is 17.4 Å². The summed E-state index contributed by atoms with van der Waals surface area (Å²) in [5, 5.41) is 0.